The normalized spacial score (nSPS) is 18.5. The van der Waals surface area contributed by atoms with Crippen molar-refractivity contribution in [2.24, 2.45) is 0 Å². The van der Waals surface area contributed by atoms with Gasteiger partial charge in [-0.3, -0.25) is 0 Å². The first kappa shape index (κ1) is 16.7. The minimum atomic E-state index is -4.44. The third-order valence-corrected chi connectivity index (χ3v) is 5.01. The second-order valence-electron chi connectivity index (χ2n) is 5.63. The zero-order valence-corrected chi connectivity index (χ0v) is 13.3. The van der Waals surface area contributed by atoms with Crippen LogP contribution < -0.4 is 4.90 Å². The molecular weight excluding hydrogens is 342 g/mol. The number of hydrogen-bond acceptors (Lipinski definition) is 4. The molecule has 3 rings (SSSR count). The standard InChI is InChI=1S/C16H13F4N3S/c17-12-6-10(7-21)3-4-13(12)23-5-1-2-11(8-23)15-22-14(9-24-15)16(18,19)20/h3-4,6,9,11H,1-2,5,8H2. The molecule has 2 heterocycles. The third kappa shape index (κ3) is 3.36. The fourth-order valence-corrected chi connectivity index (χ4v) is 3.79. The third-order valence-electron chi connectivity index (χ3n) is 4.00. The summed E-state index contributed by atoms with van der Waals surface area (Å²) in [7, 11) is 0. The summed E-state index contributed by atoms with van der Waals surface area (Å²) in [6.45, 7) is 1.03. The quantitative estimate of drug-likeness (QED) is 0.742. The molecule has 1 aromatic heterocycles. The number of alkyl halides is 3. The molecule has 1 atom stereocenters. The van der Waals surface area contributed by atoms with E-state index in [1.807, 2.05) is 6.07 Å². The van der Waals surface area contributed by atoms with Gasteiger partial charge in [-0.25, -0.2) is 9.37 Å². The molecule has 2 aromatic rings. The van der Waals surface area contributed by atoms with E-state index in [1.54, 1.807) is 11.0 Å². The van der Waals surface area contributed by atoms with Crippen molar-refractivity contribution in [3.05, 3.63) is 45.7 Å². The van der Waals surface area contributed by atoms with Gasteiger partial charge in [0.15, 0.2) is 5.69 Å². The lowest BCUT2D eigenvalue weighted by atomic mass is 9.98. The van der Waals surface area contributed by atoms with Gasteiger partial charge in [0.2, 0.25) is 0 Å². The molecule has 1 aliphatic rings. The number of aromatic nitrogens is 1. The van der Waals surface area contributed by atoms with Gasteiger partial charge < -0.3 is 4.90 Å². The van der Waals surface area contributed by atoms with Crippen LogP contribution in [-0.4, -0.2) is 18.1 Å². The highest BCUT2D eigenvalue weighted by molar-refractivity contribution is 7.09. The minimum Gasteiger partial charge on any atom is -0.368 e. The van der Waals surface area contributed by atoms with Gasteiger partial charge in [-0.15, -0.1) is 11.3 Å². The maximum Gasteiger partial charge on any atom is 0.434 e. The fourth-order valence-electron chi connectivity index (χ4n) is 2.84. The highest BCUT2D eigenvalue weighted by Crippen LogP contribution is 2.36. The van der Waals surface area contributed by atoms with Crippen molar-refractivity contribution in [2.45, 2.75) is 24.9 Å². The van der Waals surface area contributed by atoms with E-state index in [0.717, 1.165) is 29.6 Å². The molecule has 0 saturated carbocycles. The number of rotatable bonds is 2. The number of thiazole rings is 1. The van der Waals surface area contributed by atoms with Crippen LogP contribution in [0.4, 0.5) is 23.2 Å². The lowest BCUT2D eigenvalue weighted by Gasteiger charge is -2.33. The first-order chi connectivity index (χ1) is 11.4. The van der Waals surface area contributed by atoms with E-state index >= 15 is 0 Å². The Morgan fingerprint density at radius 2 is 2.12 bits per heavy atom. The van der Waals surface area contributed by atoms with Crippen molar-refractivity contribution in [1.82, 2.24) is 4.98 Å². The smallest absolute Gasteiger partial charge is 0.368 e. The van der Waals surface area contributed by atoms with E-state index in [4.69, 9.17) is 5.26 Å². The highest BCUT2D eigenvalue weighted by Gasteiger charge is 2.35. The summed E-state index contributed by atoms with van der Waals surface area (Å²) < 4.78 is 52.2. The Morgan fingerprint density at radius 3 is 2.75 bits per heavy atom. The number of nitriles is 1. The summed E-state index contributed by atoms with van der Waals surface area (Å²) >= 11 is 0.996. The summed E-state index contributed by atoms with van der Waals surface area (Å²) in [5.74, 6) is -0.653. The summed E-state index contributed by atoms with van der Waals surface area (Å²) in [6.07, 6.45) is -2.98. The predicted octanol–water partition coefficient (Wildman–Crippen LogP) is 4.56. The molecule has 0 N–H and O–H groups in total. The molecule has 0 aliphatic carbocycles. The summed E-state index contributed by atoms with van der Waals surface area (Å²) in [4.78, 5) is 5.52. The molecule has 126 valence electrons. The van der Waals surface area contributed by atoms with E-state index in [-0.39, 0.29) is 11.5 Å². The van der Waals surface area contributed by atoms with Crippen LogP contribution in [0.15, 0.2) is 23.6 Å². The Hall–Kier alpha value is -2.14. The number of halogens is 4. The van der Waals surface area contributed by atoms with Crippen LogP contribution in [0.5, 0.6) is 0 Å². The van der Waals surface area contributed by atoms with Crippen LogP contribution >= 0.6 is 11.3 Å². The molecule has 0 spiro atoms. The lowest BCUT2D eigenvalue weighted by molar-refractivity contribution is -0.140. The average Bonchev–Trinajstić information content (AvgIpc) is 3.05. The summed E-state index contributed by atoms with van der Waals surface area (Å²) in [5, 5.41) is 10.2. The van der Waals surface area contributed by atoms with Gasteiger partial charge in [0.25, 0.3) is 0 Å². The van der Waals surface area contributed by atoms with Crippen LogP contribution in [0.25, 0.3) is 0 Å². The first-order valence-corrected chi connectivity index (χ1v) is 8.23. The van der Waals surface area contributed by atoms with Crippen molar-refractivity contribution in [3.63, 3.8) is 0 Å². The Morgan fingerprint density at radius 1 is 1.33 bits per heavy atom. The fraction of sp³-hybridized carbons (Fsp3) is 0.375. The van der Waals surface area contributed by atoms with Crippen LogP contribution in [0.3, 0.4) is 0 Å². The van der Waals surface area contributed by atoms with Crippen molar-refractivity contribution in [2.75, 3.05) is 18.0 Å². The SMILES string of the molecule is N#Cc1ccc(N2CCCC(c3nc(C(F)(F)F)cs3)C2)c(F)c1. The van der Waals surface area contributed by atoms with E-state index in [9.17, 15) is 17.6 Å². The molecule has 1 aliphatic heterocycles. The van der Waals surface area contributed by atoms with E-state index < -0.39 is 17.7 Å². The van der Waals surface area contributed by atoms with Gasteiger partial charge in [-0.05, 0) is 31.0 Å². The van der Waals surface area contributed by atoms with E-state index in [2.05, 4.69) is 4.98 Å². The number of piperidine rings is 1. The maximum atomic E-state index is 14.2. The average molecular weight is 355 g/mol. The zero-order valence-electron chi connectivity index (χ0n) is 12.5. The van der Waals surface area contributed by atoms with Gasteiger partial charge in [-0.1, -0.05) is 0 Å². The van der Waals surface area contributed by atoms with Gasteiger partial charge >= 0.3 is 6.18 Å². The predicted molar refractivity (Wildman–Crippen MR) is 82.4 cm³/mol. The molecule has 8 heteroatoms. The molecule has 1 unspecified atom stereocenters. The molecule has 1 saturated heterocycles. The topological polar surface area (TPSA) is 39.9 Å². The van der Waals surface area contributed by atoms with Crippen LogP contribution in [0.1, 0.15) is 35.0 Å². The van der Waals surface area contributed by atoms with Crippen molar-refractivity contribution in [3.8, 4) is 6.07 Å². The molecule has 0 amide bonds. The van der Waals surface area contributed by atoms with Crippen molar-refractivity contribution in [1.29, 1.82) is 5.26 Å². The summed E-state index contributed by atoms with van der Waals surface area (Å²) in [6, 6.07) is 6.12. The van der Waals surface area contributed by atoms with Crippen LogP contribution in [0.2, 0.25) is 0 Å². The highest BCUT2D eigenvalue weighted by atomic mass is 32.1. The molecule has 1 aromatic carbocycles. The molecule has 0 radical (unpaired) electrons. The number of benzene rings is 1. The second kappa shape index (κ2) is 6.40. The Bertz CT molecular complexity index is 778. The van der Waals surface area contributed by atoms with Gasteiger partial charge in [0.1, 0.15) is 5.82 Å². The monoisotopic (exact) mass is 355 g/mol. The van der Waals surface area contributed by atoms with Crippen LogP contribution in [0, 0.1) is 17.1 Å². The minimum absolute atomic E-state index is 0.158. The molecule has 1 fully saturated rings. The van der Waals surface area contributed by atoms with Gasteiger partial charge in [0, 0.05) is 24.4 Å². The van der Waals surface area contributed by atoms with E-state index in [0.29, 0.717) is 23.8 Å². The molecular formula is C16H13F4N3S. The van der Waals surface area contributed by atoms with Crippen molar-refractivity contribution >= 4 is 17.0 Å². The van der Waals surface area contributed by atoms with Gasteiger partial charge in [-0.2, -0.15) is 18.4 Å². The number of nitrogens with zero attached hydrogens (tertiary/aromatic N) is 3. The Labute approximate surface area is 140 Å². The second-order valence-corrected chi connectivity index (χ2v) is 6.52. The summed E-state index contributed by atoms with van der Waals surface area (Å²) in [5.41, 5.74) is -0.268. The number of hydrogen-bond donors (Lipinski definition) is 0. The molecule has 3 nitrogen and oxygen atoms in total. The molecule has 0 bridgehead atoms. The lowest BCUT2D eigenvalue weighted by Crippen LogP contribution is -2.35. The van der Waals surface area contributed by atoms with Crippen LogP contribution in [-0.2, 0) is 6.18 Å². The zero-order chi connectivity index (χ0) is 17.3. The largest absolute Gasteiger partial charge is 0.434 e. The van der Waals surface area contributed by atoms with E-state index in [1.165, 1.54) is 12.1 Å². The first-order valence-electron chi connectivity index (χ1n) is 7.35. The van der Waals surface area contributed by atoms with Gasteiger partial charge in [0.05, 0.1) is 22.3 Å². The Kier molecular flexibility index (Phi) is 4.45. The Balaban J connectivity index is 1.80. The maximum absolute atomic E-state index is 14.2. The number of anilines is 1. The van der Waals surface area contributed by atoms with Crippen molar-refractivity contribution < 1.29 is 17.6 Å². The molecule has 24 heavy (non-hydrogen) atoms.